The topological polar surface area (TPSA) is 73.3 Å². The molecule has 0 atom stereocenters. The SMILES string of the molecule is O=C(Nc1ncc2c(n1)COC2)c1cc(OCc2ccccc2)cs1. The zero-order chi connectivity index (χ0) is 17.1. The summed E-state index contributed by atoms with van der Waals surface area (Å²) < 4.78 is 11.0. The Morgan fingerprint density at radius 3 is 3.04 bits per heavy atom. The molecule has 126 valence electrons. The summed E-state index contributed by atoms with van der Waals surface area (Å²) in [4.78, 5) is 21.3. The molecule has 0 bridgehead atoms. The summed E-state index contributed by atoms with van der Waals surface area (Å²) in [6.45, 7) is 1.44. The van der Waals surface area contributed by atoms with E-state index in [9.17, 15) is 4.79 Å². The highest BCUT2D eigenvalue weighted by Crippen LogP contribution is 2.24. The number of nitrogens with zero attached hydrogens (tertiary/aromatic N) is 2. The van der Waals surface area contributed by atoms with Crippen LogP contribution in [0.1, 0.15) is 26.5 Å². The average Bonchev–Trinajstić information content (AvgIpc) is 3.30. The number of carbonyl (C=O) groups is 1. The van der Waals surface area contributed by atoms with Crippen LogP contribution < -0.4 is 10.1 Å². The molecule has 0 fully saturated rings. The molecule has 1 aliphatic heterocycles. The monoisotopic (exact) mass is 353 g/mol. The second kappa shape index (κ2) is 7.00. The number of aromatic nitrogens is 2. The third-order valence-electron chi connectivity index (χ3n) is 3.72. The molecule has 0 unspecified atom stereocenters. The molecule has 3 aromatic rings. The second-order valence-corrected chi connectivity index (χ2v) is 6.44. The van der Waals surface area contributed by atoms with E-state index in [0.717, 1.165) is 16.8 Å². The lowest BCUT2D eigenvalue weighted by Crippen LogP contribution is -2.13. The van der Waals surface area contributed by atoms with E-state index < -0.39 is 0 Å². The average molecular weight is 353 g/mol. The number of ether oxygens (including phenoxy) is 2. The standard InChI is InChI=1S/C18H15N3O3S/c22-17(21-18-19-7-13-9-23-10-15(13)20-18)16-6-14(11-25-16)24-8-12-4-2-1-3-5-12/h1-7,11H,8-10H2,(H,19,20,21,22). The maximum Gasteiger partial charge on any atom is 0.268 e. The van der Waals surface area contributed by atoms with Crippen LogP contribution in [-0.2, 0) is 24.6 Å². The first-order valence-electron chi connectivity index (χ1n) is 7.77. The van der Waals surface area contributed by atoms with Crippen molar-refractivity contribution in [3.63, 3.8) is 0 Å². The van der Waals surface area contributed by atoms with Gasteiger partial charge in [0.05, 0.1) is 23.8 Å². The molecule has 2 aromatic heterocycles. The Balaban J connectivity index is 1.38. The molecule has 1 N–H and O–H groups in total. The molecule has 0 spiro atoms. The largest absolute Gasteiger partial charge is 0.488 e. The number of rotatable bonds is 5. The molecule has 0 saturated heterocycles. The van der Waals surface area contributed by atoms with Gasteiger partial charge in [0.2, 0.25) is 5.95 Å². The van der Waals surface area contributed by atoms with Crippen molar-refractivity contribution < 1.29 is 14.3 Å². The smallest absolute Gasteiger partial charge is 0.268 e. The molecule has 1 aromatic carbocycles. The van der Waals surface area contributed by atoms with Crippen LogP contribution in [0.25, 0.3) is 0 Å². The fourth-order valence-electron chi connectivity index (χ4n) is 2.42. The van der Waals surface area contributed by atoms with Gasteiger partial charge in [0, 0.05) is 23.2 Å². The highest BCUT2D eigenvalue weighted by atomic mass is 32.1. The van der Waals surface area contributed by atoms with Crippen molar-refractivity contribution in [2.24, 2.45) is 0 Å². The van der Waals surface area contributed by atoms with Crippen LogP contribution in [-0.4, -0.2) is 15.9 Å². The van der Waals surface area contributed by atoms with Crippen LogP contribution in [0, 0.1) is 0 Å². The third-order valence-corrected chi connectivity index (χ3v) is 4.63. The van der Waals surface area contributed by atoms with Crippen molar-refractivity contribution in [1.29, 1.82) is 0 Å². The number of hydrogen-bond donors (Lipinski definition) is 1. The molecular weight excluding hydrogens is 338 g/mol. The van der Waals surface area contributed by atoms with Gasteiger partial charge in [-0.25, -0.2) is 9.97 Å². The van der Waals surface area contributed by atoms with Crippen LogP contribution >= 0.6 is 11.3 Å². The van der Waals surface area contributed by atoms with Crippen molar-refractivity contribution in [2.45, 2.75) is 19.8 Å². The van der Waals surface area contributed by atoms with Crippen molar-refractivity contribution >= 4 is 23.2 Å². The first-order valence-corrected chi connectivity index (χ1v) is 8.65. The lowest BCUT2D eigenvalue weighted by molar-refractivity contribution is 0.102. The third kappa shape index (κ3) is 3.67. The predicted octanol–water partition coefficient (Wildman–Crippen LogP) is 3.40. The number of anilines is 1. The van der Waals surface area contributed by atoms with Crippen molar-refractivity contribution in [3.8, 4) is 5.75 Å². The van der Waals surface area contributed by atoms with Crippen molar-refractivity contribution in [2.75, 3.05) is 5.32 Å². The molecule has 3 heterocycles. The van der Waals surface area contributed by atoms with Gasteiger partial charge in [0.1, 0.15) is 12.4 Å². The van der Waals surface area contributed by atoms with Crippen LogP contribution in [0.2, 0.25) is 0 Å². The van der Waals surface area contributed by atoms with E-state index in [4.69, 9.17) is 9.47 Å². The van der Waals surface area contributed by atoms with Crippen LogP contribution in [0.4, 0.5) is 5.95 Å². The predicted molar refractivity (Wildman–Crippen MR) is 93.6 cm³/mol. The molecule has 0 aliphatic carbocycles. The zero-order valence-corrected chi connectivity index (χ0v) is 14.1. The Labute approximate surface area is 148 Å². The molecule has 6 nitrogen and oxygen atoms in total. The Kier molecular flexibility index (Phi) is 4.41. The first kappa shape index (κ1) is 15.7. The van der Waals surface area contributed by atoms with E-state index in [1.165, 1.54) is 11.3 Å². The molecule has 25 heavy (non-hydrogen) atoms. The van der Waals surface area contributed by atoms with Gasteiger partial charge in [0.15, 0.2) is 0 Å². The Morgan fingerprint density at radius 1 is 1.28 bits per heavy atom. The number of fused-ring (bicyclic) bond motifs is 1. The van der Waals surface area contributed by atoms with Gasteiger partial charge >= 0.3 is 0 Å². The summed E-state index contributed by atoms with van der Waals surface area (Å²) in [5, 5.41) is 4.53. The molecule has 1 amide bonds. The maximum atomic E-state index is 12.3. The van der Waals surface area contributed by atoms with Crippen molar-refractivity contribution in [3.05, 3.63) is 69.7 Å². The first-order chi connectivity index (χ1) is 12.3. The van der Waals surface area contributed by atoms with Gasteiger partial charge in [0.25, 0.3) is 5.91 Å². The number of amides is 1. The van der Waals surface area contributed by atoms with Crippen molar-refractivity contribution in [1.82, 2.24) is 9.97 Å². The maximum absolute atomic E-state index is 12.3. The van der Waals surface area contributed by atoms with Gasteiger partial charge in [-0.1, -0.05) is 30.3 Å². The lowest BCUT2D eigenvalue weighted by atomic mass is 10.2. The van der Waals surface area contributed by atoms with E-state index in [-0.39, 0.29) is 11.9 Å². The van der Waals surface area contributed by atoms with Gasteiger partial charge in [-0.05, 0) is 5.56 Å². The van der Waals surface area contributed by atoms with Gasteiger partial charge in [-0.15, -0.1) is 11.3 Å². The van der Waals surface area contributed by atoms with E-state index in [2.05, 4.69) is 15.3 Å². The van der Waals surface area contributed by atoms with Gasteiger partial charge < -0.3 is 9.47 Å². The molecule has 0 saturated carbocycles. The molecule has 1 aliphatic rings. The summed E-state index contributed by atoms with van der Waals surface area (Å²) in [6, 6.07) is 11.6. The Morgan fingerprint density at radius 2 is 2.16 bits per heavy atom. The summed E-state index contributed by atoms with van der Waals surface area (Å²) in [6.07, 6.45) is 1.69. The van der Waals surface area contributed by atoms with Crippen LogP contribution in [0.3, 0.4) is 0 Å². The molecule has 0 radical (unpaired) electrons. The van der Waals surface area contributed by atoms with Gasteiger partial charge in [-0.2, -0.15) is 0 Å². The summed E-state index contributed by atoms with van der Waals surface area (Å²) >= 11 is 1.32. The number of nitrogens with one attached hydrogen (secondary N) is 1. The molecule has 4 rings (SSSR count). The fraction of sp³-hybridized carbons (Fsp3) is 0.167. The Hall–Kier alpha value is -2.77. The Bertz CT molecular complexity index is 896. The van der Waals surface area contributed by atoms with Gasteiger partial charge in [-0.3, -0.25) is 10.1 Å². The number of thiophene rings is 1. The molecular formula is C18H15N3O3S. The summed E-state index contributed by atoms with van der Waals surface area (Å²) in [5.41, 5.74) is 2.86. The number of hydrogen-bond acceptors (Lipinski definition) is 6. The van der Waals surface area contributed by atoms with Crippen LogP contribution in [0.5, 0.6) is 5.75 Å². The lowest BCUT2D eigenvalue weighted by Gasteiger charge is -2.04. The number of carbonyl (C=O) groups excluding carboxylic acids is 1. The second-order valence-electron chi connectivity index (χ2n) is 5.53. The van der Waals surface area contributed by atoms with E-state index in [1.54, 1.807) is 12.3 Å². The highest BCUT2D eigenvalue weighted by molar-refractivity contribution is 7.12. The summed E-state index contributed by atoms with van der Waals surface area (Å²) in [5.74, 6) is 0.704. The van der Waals surface area contributed by atoms with E-state index >= 15 is 0 Å². The fourth-order valence-corrected chi connectivity index (χ4v) is 3.14. The van der Waals surface area contributed by atoms with E-state index in [0.29, 0.717) is 30.4 Å². The highest BCUT2D eigenvalue weighted by Gasteiger charge is 2.16. The summed E-state index contributed by atoms with van der Waals surface area (Å²) in [7, 11) is 0. The minimum absolute atomic E-state index is 0.251. The minimum Gasteiger partial charge on any atom is -0.488 e. The quantitative estimate of drug-likeness (QED) is 0.761. The minimum atomic E-state index is -0.251. The molecule has 7 heteroatoms. The van der Waals surface area contributed by atoms with E-state index in [1.807, 2.05) is 35.7 Å². The normalized spacial score (nSPS) is 12.6. The zero-order valence-electron chi connectivity index (χ0n) is 13.3. The number of benzene rings is 1. The van der Waals surface area contributed by atoms with Crippen LogP contribution in [0.15, 0.2) is 48.0 Å².